The van der Waals surface area contributed by atoms with E-state index >= 15 is 0 Å². The largest absolute Gasteiger partial charge is 0.270 e. The van der Waals surface area contributed by atoms with Crippen molar-refractivity contribution in [2.24, 2.45) is 0 Å². The molecule has 0 aliphatic rings. The second-order valence-electron chi connectivity index (χ2n) is 2.79. The third-order valence-corrected chi connectivity index (χ3v) is 1.79. The number of aromatic nitrogens is 1. The van der Waals surface area contributed by atoms with Crippen molar-refractivity contribution in [3.63, 3.8) is 0 Å². The summed E-state index contributed by atoms with van der Waals surface area (Å²) in [5, 5.41) is 0.738. The maximum absolute atomic E-state index is 11.9. The van der Waals surface area contributed by atoms with Crippen LogP contribution in [0.25, 0.3) is 17.0 Å². The summed E-state index contributed by atoms with van der Waals surface area (Å²) >= 11 is 0. The molecule has 0 saturated carbocycles. The zero-order chi connectivity index (χ0) is 9.97. The Labute approximate surface area is 79.7 Å². The molecule has 0 bridgehead atoms. The number of pyridine rings is 1. The Morgan fingerprint density at radius 1 is 1.29 bits per heavy atom. The third kappa shape index (κ3) is 1.76. The van der Waals surface area contributed by atoms with Gasteiger partial charge in [0.15, 0.2) is 0 Å². The van der Waals surface area contributed by atoms with Gasteiger partial charge in [-0.1, -0.05) is 18.2 Å². The molecule has 1 nitrogen and oxygen atoms in total. The molecule has 0 atom stereocenters. The number of fused-ring (bicyclic) bond motifs is 1. The summed E-state index contributed by atoms with van der Waals surface area (Å²) in [5.41, 5.74) is 1.05. The van der Waals surface area contributed by atoms with Crippen LogP contribution >= 0.6 is 0 Å². The Kier molecular flexibility index (Phi) is 2.23. The fraction of sp³-hybridized carbons (Fsp3) is 0. The van der Waals surface area contributed by atoms with Crippen molar-refractivity contribution < 1.29 is 8.78 Å². The van der Waals surface area contributed by atoms with Crippen LogP contribution in [0, 0.1) is 6.07 Å². The van der Waals surface area contributed by atoms with Gasteiger partial charge in [-0.2, -0.15) is 8.78 Å². The van der Waals surface area contributed by atoms with Crippen molar-refractivity contribution in [3.05, 3.63) is 48.2 Å². The van der Waals surface area contributed by atoms with Gasteiger partial charge in [-0.25, -0.2) is 0 Å². The van der Waals surface area contributed by atoms with E-state index in [1.165, 1.54) is 6.20 Å². The van der Waals surface area contributed by atoms with Gasteiger partial charge < -0.3 is 0 Å². The predicted octanol–water partition coefficient (Wildman–Crippen LogP) is 3.27. The van der Waals surface area contributed by atoms with E-state index in [2.05, 4.69) is 11.1 Å². The quantitative estimate of drug-likeness (QED) is 0.672. The number of hydrogen-bond acceptors (Lipinski definition) is 1. The van der Waals surface area contributed by atoms with Gasteiger partial charge in [0.2, 0.25) is 0 Å². The zero-order valence-corrected chi connectivity index (χ0v) is 7.17. The normalized spacial score (nSPS) is 10.1. The lowest BCUT2D eigenvalue weighted by molar-refractivity contribution is 0.429. The van der Waals surface area contributed by atoms with Gasteiger partial charge in [-0.15, -0.1) is 0 Å². The summed E-state index contributed by atoms with van der Waals surface area (Å²) in [6.07, 6.45) is 0.388. The van der Waals surface area contributed by atoms with Gasteiger partial charge in [-0.05, 0) is 6.07 Å². The molecule has 3 heteroatoms. The number of hydrogen-bond donors (Lipinski definition) is 0. The molecule has 1 aromatic heterocycles. The Balaban J connectivity index is 2.57. The molecular formula is C11H6F2N. The van der Waals surface area contributed by atoms with Crippen molar-refractivity contribution in [1.82, 2.24) is 4.98 Å². The van der Waals surface area contributed by atoms with Crippen LogP contribution in [0.4, 0.5) is 8.78 Å². The van der Waals surface area contributed by atoms with E-state index in [1.807, 2.05) is 18.2 Å². The summed E-state index contributed by atoms with van der Waals surface area (Å²) in [6.45, 7) is 0. The predicted molar refractivity (Wildman–Crippen MR) is 50.8 cm³/mol. The molecule has 69 valence electrons. The Morgan fingerprint density at radius 2 is 2.07 bits per heavy atom. The van der Waals surface area contributed by atoms with Gasteiger partial charge in [0.1, 0.15) is 0 Å². The second-order valence-corrected chi connectivity index (χ2v) is 2.79. The minimum absolute atomic E-state index is 0.295. The van der Waals surface area contributed by atoms with Gasteiger partial charge >= 0.3 is 0 Å². The highest BCUT2D eigenvalue weighted by atomic mass is 19.3. The Morgan fingerprint density at radius 3 is 2.86 bits per heavy atom. The zero-order valence-electron chi connectivity index (χ0n) is 7.17. The molecule has 2 rings (SSSR count). The van der Waals surface area contributed by atoms with Crippen LogP contribution in [-0.4, -0.2) is 4.98 Å². The molecule has 1 aromatic carbocycles. The van der Waals surface area contributed by atoms with E-state index in [1.54, 1.807) is 6.07 Å². The smallest absolute Gasteiger partial charge is 0.256 e. The maximum Gasteiger partial charge on any atom is 0.270 e. The van der Waals surface area contributed by atoms with Crippen molar-refractivity contribution in [3.8, 4) is 0 Å². The molecule has 1 radical (unpaired) electrons. The average molecular weight is 190 g/mol. The maximum atomic E-state index is 11.9. The molecule has 14 heavy (non-hydrogen) atoms. The van der Waals surface area contributed by atoms with Crippen LogP contribution in [0.3, 0.4) is 0 Å². The van der Waals surface area contributed by atoms with Crippen molar-refractivity contribution in [2.45, 2.75) is 0 Å². The van der Waals surface area contributed by atoms with E-state index in [-0.39, 0.29) is 0 Å². The summed E-state index contributed by atoms with van der Waals surface area (Å²) < 4.78 is 23.9. The first kappa shape index (κ1) is 8.81. The molecule has 0 spiro atoms. The third-order valence-electron chi connectivity index (χ3n) is 1.79. The molecule has 0 aliphatic heterocycles. The van der Waals surface area contributed by atoms with E-state index < -0.39 is 6.08 Å². The lowest BCUT2D eigenvalue weighted by Crippen LogP contribution is -1.81. The topological polar surface area (TPSA) is 12.9 Å². The van der Waals surface area contributed by atoms with Crippen LogP contribution in [0.2, 0.25) is 0 Å². The van der Waals surface area contributed by atoms with Crippen LogP contribution in [-0.2, 0) is 0 Å². The molecule has 1 heterocycles. The Bertz CT molecular complexity index is 487. The van der Waals surface area contributed by atoms with Gasteiger partial charge in [0, 0.05) is 29.3 Å². The van der Waals surface area contributed by atoms with Gasteiger partial charge in [0.05, 0.1) is 5.52 Å². The highest BCUT2D eigenvalue weighted by Crippen LogP contribution is 2.14. The van der Waals surface area contributed by atoms with Crippen molar-refractivity contribution in [2.75, 3.05) is 0 Å². The number of benzene rings is 1. The second kappa shape index (κ2) is 3.54. The van der Waals surface area contributed by atoms with Crippen molar-refractivity contribution >= 4 is 17.0 Å². The fourth-order valence-corrected chi connectivity index (χ4v) is 1.21. The molecule has 0 N–H and O–H groups in total. The van der Waals surface area contributed by atoms with Crippen molar-refractivity contribution in [1.29, 1.82) is 0 Å². The highest BCUT2D eigenvalue weighted by molar-refractivity contribution is 5.79. The van der Waals surface area contributed by atoms with Gasteiger partial charge in [0.25, 0.3) is 6.08 Å². The number of halogens is 2. The standard InChI is InChI=1S/C11H6F2N/c12-11(13)6-8-5-9-3-1-2-4-10(9)14-7-8/h1-4,6-7H. The molecule has 0 fully saturated rings. The molecular weight excluding hydrogens is 184 g/mol. The molecule has 0 saturated heterocycles. The van der Waals surface area contributed by atoms with Crippen LogP contribution in [0.1, 0.15) is 5.56 Å². The lowest BCUT2D eigenvalue weighted by Gasteiger charge is -1.96. The minimum Gasteiger partial charge on any atom is -0.256 e. The minimum atomic E-state index is -1.74. The summed E-state index contributed by atoms with van der Waals surface area (Å²) in [4.78, 5) is 4.03. The molecule has 0 unspecified atom stereocenters. The SMILES string of the molecule is FC(F)=Cc1[c]c2ccccc2nc1. The highest BCUT2D eigenvalue weighted by Gasteiger charge is 1.97. The van der Waals surface area contributed by atoms with Gasteiger partial charge in [-0.3, -0.25) is 4.98 Å². The van der Waals surface area contributed by atoms with Crippen LogP contribution < -0.4 is 0 Å². The van der Waals surface area contributed by atoms with E-state index in [9.17, 15) is 8.78 Å². The summed E-state index contributed by atoms with van der Waals surface area (Å²) in [7, 11) is 0. The van der Waals surface area contributed by atoms with E-state index in [0.29, 0.717) is 5.56 Å². The first-order valence-electron chi connectivity index (χ1n) is 4.05. The monoisotopic (exact) mass is 190 g/mol. The average Bonchev–Trinajstić information content (AvgIpc) is 2.17. The Hall–Kier alpha value is -1.77. The van der Waals surface area contributed by atoms with Crippen LogP contribution in [0.15, 0.2) is 36.5 Å². The van der Waals surface area contributed by atoms with E-state index in [4.69, 9.17) is 0 Å². The number of rotatable bonds is 1. The first-order chi connectivity index (χ1) is 6.75. The first-order valence-corrected chi connectivity index (χ1v) is 4.05. The summed E-state index contributed by atoms with van der Waals surface area (Å²) in [5.74, 6) is 0. The molecule has 0 aliphatic carbocycles. The van der Waals surface area contributed by atoms with Crippen LogP contribution in [0.5, 0.6) is 0 Å². The molecule has 0 amide bonds. The summed E-state index contributed by atoms with van der Waals surface area (Å²) in [6, 6.07) is 10.1. The lowest BCUT2D eigenvalue weighted by atomic mass is 10.1. The van der Waals surface area contributed by atoms with E-state index in [0.717, 1.165) is 17.0 Å². The number of para-hydroxylation sites is 1. The molecule has 2 aromatic rings. The fourth-order valence-electron chi connectivity index (χ4n) is 1.21. The number of nitrogens with zero attached hydrogens (tertiary/aromatic N) is 1.